The summed E-state index contributed by atoms with van der Waals surface area (Å²) in [5, 5.41) is 24.1. The zero-order valence-corrected chi connectivity index (χ0v) is 73.0. The zero-order chi connectivity index (χ0) is 87.0. The molecule has 0 atom stereocenters. The van der Waals surface area contributed by atoms with Crippen LogP contribution in [0.3, 0.4) is 0 Å². The molecule has 10 heteroatoms. The second kappa shape index (κ2) is 32.9. The van der Waals surface area contributed by atoms with Gasteiger partial charge in [0, 0.05) is 101 Å². The minimum atomic E-state index is 0.914. The zero-order valence-electron chi connectivity index (χ0n) is 73.0. The number of benzene rings is 20. The van der Waals surface area contributed by atoms with E-state index in [-0.39, 0.29) is 0 Å². The average molecular weight is 1650 g/mol. The number of aromatic nitrogens is 10. The highest BCUT2D eigenvalue weighted by Crippen LogP contribution is 2.44. The molecule has 0 aliphatic heterocycles. The lowest BCUT2D eigenvalue weighted by Crippen LogP contribution is -1.97. The van der Waals surface area contributed by atoms with Gasteiger partial charge in [0.2, 0.25) is 0 Å². The molecule has 25 aromatic rings. The molecule has 0 saturated heterocycles. The molecule has 0 fully saturated rings. The van der Waals surface area contributed by atoms with Gasteiger partial charge in [0.05, 0.1) is 89.0 Å². The van der Waals surface area contributed by atoms with Crippen molar-refractivity contribution in [1.29, 1.82) is 0 Å². The lowest BCUT2D eigenvalue weighted by atomic mass is 9.95. The van der Waals surface area contributed by atoms with Crippen LogP contribution in [0, 0.1) is 69.2 Å². The molecular formula is C118H88N10. The number of nitrogens with zero attached hydrogens (tertiary/aromatic N) is 10. The Morgan fingerprint density at radius 3 is 0.523 bits per heavy atom. The van der Waals surface area contributed by atoms with Crippen LogP contribution in [-0.4, -0.2) is 49.8 Å². The lowest BCUT2D eigenvalue weighted by molar-refractivity contribution is 1.30. The highest BCUT2D eigenvalue weighted by Gasteiger charge is 2.23. The molecular weight excluding hydrogens is 1560 g/mol. The summed E-state index contributed by atoms with van der Waals surface area (Å²) in [4.78, 5) is 49.3. The second-order valence-corrected chi connectivity index (χ2v) is 34.1. The summed E-state index contributed by atoms with van der Waals surface area (Å²) in [6.45, 7) is 21.3. The molecule has 5 aromatic heterocycles. The predicted molar refractivity (Wildman–Crippen MR) is 539 cm³/mol. The number of hydrogen-bond donors (Lipinski definition) is 0. The normalized spacial score (nSPS) is 11.5. The monoisotopic (exact) mass is 1640 g/mol. The topological polar surface area (TPSA) is 129 Å². The molecule has 0 spiro atoms. The van der Waals surface area contributed by atoms with E-state index in [1.165, 1.54) is 142 Å². The maximum atomic E-state index is 5.31. The summed E-state index contributed by atoms with van der Waals surface area (Å²) in [7, 11) is 0. The summed E-state index contributed by atoms with van der Waals surface area (Å²) in [6, 6.07) is 115. The fraction of sp³-hybridized carbons (Fsp3) is 0.0847. The van der Waals surface area contributed by atoms with Crippen LogP contribution in [0.5, 0.6) is 0 Å². The molecule has 0 N–H and O–H groups in total. The molecule has 0 unspecified atom stereocenters. The highest BCUT2D eigenvalue weighted by molar-refractivity contribution is 6.28. The predicted octanol–water partition coefficient (Wildman–Crippen LogP) is 30.6. The van der Waals surface area contributed by atoms with Gasteiger partial charge in [-0.05, 0) is 159 Å². The Labute approximate surface area is 741 Å². The van der Waals surface area contributed by atoms with Crippen LogP contribution in [0.1, 0.15) is 55.6 Å². The molecule has 0 amide bonds. The molecule has 0 radical (unpaired) electrons. The van der Waals surface area contributed by atoms with Crippen LogP contribution in [0.4, 0.5) is 0 Å². The number of hydrogen-bond acceptors (Lipinski definition) is 10. The van der Waals surface area contributed by atoms with Crippen molar-refractivity contribution in [3.63, 3.8) is 0 Å². The first-order chi connectivity index (χ1) is 62.6. The summed E-state index contributed by atoms with van der Waals surface area (Å²) < 4.78 is 0. The van der Waals surface area contributed by atoms with Crippen LogP contribution >= 0.6 is 0 Å². The van der Waals surface area contributed by atoms with Gasteiger partial charge in [-0.3, -0.25) is 19.9 Å². The van der Waals surface area contributed by atoms with Gasteiger partial charge in [-0.15, -0.1) is 0 Å². The molecule has 0 bridgehead atoms. The van der Waals surface area contributed by atoms with E-state index in [4.69, 9.17) is 29.9 Å². The van der Waals surface area contributed by atoms with Gasteiger partial charge in [0.1, 0.15) is 0 Å². The molecule has 0 aliphatic carbocycles. The largest absolute Gasteiger partial charge is 0.252 e. The van der Waals surface area contributed by atoms with E-state index in [2.05, 4.69) is 368 Å². The molecule has 25 rings (SSSR count). The van der Waals surface area contributed by atoms with E-state index >= 15 is 0 Å². The molecule has 0 aliphatic rings. The van der Waals surface area contributed by atoms with E-state index in [0.29, 0.717) is 0 Å². The molecule has 5 heterocycles. The van der Waals surface area contributed by atoms with Crippen molar-refractivity contribution in [2.75, 3.05) is 0 Å². The van der Waals surface area contributed by atoms with E-state index in [1.54, 1.807) is 24.8 Å². The Hall–Kier alpha value is -16.0. The van der Waals surface area contributed by atoms with E-state index in [1.807, 2.05) is 48.5 Å². The van der Waals surface area contributed by atoms with Gasteiger partial charge >= 0.3 is 0 Å². The average Bonchev–Trinajstić information content (AvgIpc) is 0.703. The van der Waals surface area contributed by atoms with Crippen LogP contribution in [0.2, 0.25) is 0 Å². The van der Waals surface area contributed by atoms with Crippen molar-refractivity contribution >= 4 is 174 Å². The summed E-state index contributed by atoms with van der Waals surface area (Å²) >= 11 is 0. The van der Waals surface area contributed by atoms with Gasteiger partial charge < -0.3 is 0 Å². The maximum Gasteiger partial charge on any atom is 0.0979 e. The lowest BCUT2D eigenvalue weighted by Gasteiger charge is -2.15. The first-order valence-electron chi connectivity index (χ1n) is 43.6. The van der Waals surface area contributed by atoms with Crippen LogP contribution in [0.15, 0.2) is 352 Å². The van der Waals surface area contributed by atoms with Crippen molar-refractivity contribution in [2.24, 2.45) is 0 Å². The fourth-order valence-corrected chi connectivity index (χ4v) is 18.5. The first kappa shape index (κ1) is 79.2. The van der Waals surface area contributed by atoms with Crippen molar-refractivity contribution < 1.29 is 0 Å². The van der Waals surface area contributed by atoms with Crippen molar-refractivity contribution in [3.05, 3.63) is 408 Å². The standard InChI is InChI=1S/2C30H22N2.C22H16N2.2C18H14N2/c1-19-13-15-23-25(17-19)26-18-20(2)14-16-24(26)30-29(23)31-27(21-9-5-3-6-10-21)28(32-30)22-11-7-4-8-12-22;1-19-13-15-23-24-16-14-20(2)18-26(24)30-29(25(23)17-19)31-27(21-9-5-3-6-10-21)28(32-30)22-11-7-4-8-12-22;1-13-7-9-15-17(11-13)18-12-14(2)8-10-16(18)22-21(15)23-19-5-3-4-6-20(19)24-22;1-11-3-5-13-15(9-11)16-10-12(2)4-6-14(16)18-17(13)19-7-8-20-18;1-11-3-5-13-14-6-4-12(2)10-16(14)18-17(15(13)9-11)19-7-8-20-18/h2*3-18H,1-2H3;3-12H,1-2H3;2*3-10H,1-2H3. The van der Waals surface area contributed by atoms with Gasteiger partial charge in [0.25, 0.3) is 0 Å². The smallest absolute Gasteiger partial charge is 0.0979 e. The Morgan fingerprint density at radius 1 is 0.133 bits per heavy atom. The molecule has 10 nitrogen and oxygen atoms in total. The van der Waals surface area contributed by atoms with Gasteiger partial charge in [-0.25, -0.2) is 29.9 Å². The third-order valence-electron chi connectivity index (χ3n) is 24.7. The van der Waals surface area contributed by atoms with Crippen LogP contribution < -0.4 is 0 Å². The van der Waals surface area contributed by atoms with Crippen LogP contribution in [-0.2, 0) is 0 Å². The minimum absolute atomic E-state index is 0.914. The molecule has 610 valence electrons. The number of rotatable bonds is 4. The molecule has 0 saturated carbocycles. The Balaban J connectivity index is 0.0000000986. The Kier molecular flexibility index (Phi) is 20.3. The Morgan fingerprint density at radius 2 is 0.297 bits per heavy atom. The van der Waals surface area contributed by atoms with Crippen molar-refractivity contribution in [3.8, 4) is 45.0 Å². The van der Waals surface area contributed by atoms with Crippen LogP contribution in [0.25, 0.3) is 219 Å². The number of aryl methyl sites for hydroxylation is 10. The van der Waals surface area contributed by atoms with Crippen molar-refractivity contribution in [1.82, 2.24) is 49.8 Å². The third-order valence-corrected chi connectivity index (χ3v) is 24.7. The van der Waals surface area contributed by atoms with Gasteiger partial charge in [-0.1, -0.05) is 347 Å². The first-order valence-corrected chi connectivity index (χ1v) is 43.6. The van der Waals surface area contributed by atoms with Gasteiger partial charge in [-0.2, -0.15) is 0 Å². The van der Waals surface area contributed by atoms with E-state index in [0.717, 1.165) is 133 Å². The number of para-hydroxylation sites is 2. The van der Waals surface area contributed by atoms with E-state index in [9.17, 15) is 0 Å². The molecule has 128 heavy (non-hydrogen) atoms. The maximum absolute atomic E-state index is 5.31. The second-order valence-electron chi connectivity index (χ2n) is 34.1. The summed E-state index contributed by atoms with van der Waals surface area (Å²) in [6.07, 6.45) is 7.07. The minimum Gasteiger partial charge on any atom is -0.252 e. The quantitative estimate of drug-likeness (QED) is 0.124. The summed E-state index contributed by atoms with van der Waals surface area (Å²) in [5.41, 5.74) is 32.1. The van der Waals surface area contributed by atoms with E-state index < -0.39 is 0 Å². The van der Waals surface area contributed by atoms with Crippen molar-refractivity contribution in [2.45, 2.75) is 69.2 Å². The highest BCUT2D eigenvalue weighted by atomic mass is 14.9. The summed E-state index contributed by atoms with van der Waals surface area (Å²) in [5.74, 6) is 0. The SMILES string of the molecule is Cc1ccc2c(c1)c1cc(C)ccc1c1nc(-c3ccccc3)c(-c3ccccc3)nc21.Cc1ccc2c(c1)c1cc(C)ccc1c1nc3ccccc3nc21.Cc1ccc2c(c1)c1cc(C)ccc1c1nccnc21.Cc1ccc2c3ccc(C)cc3c3nc(-c4ccccc4)c(-c4ccccc4)nc3c2c1.Cc1ccc2c3ccc(C)cc3c3nccnc3c2c1. The number of fused-ring (bicyclic) bond motifs is 31. The van der Waals surface area contributed by atoms with Gasteiger partial charge in [0.15, 0.2) is 0 Å². The fourth-order valence-electron chi connectivity index (χ4n) is 18.5. The third kappa shape index (κ3) is 14.6. The molecule has 20 aromatic carbocycles. The Bertz CT molecular complexity index is 8270.